The predicted octanol–water partition coefficient (Wildman–Crippen LogP) is 0.751. The molecule has 1 aromatic carbocycles. The lowest BCUT2D eigenvalue weighted by Crippen LogP contribution is -2.94. The lowest BCUT2D eigenvalue weighted by Gasteiger charge is -2.12. The average molecular weight is 198 g/mol. The number of nitrogens with two attached hydrogens (primary N) is 1. The molecule has 0 spiro atoms. The topological polar surface area (TPSA) is 40.4 Å². The number of quaternary nitrogens is 1. The third kappa shape index (κ3) is 1.95. The Labute approximate surface area is 90.7 Å². The van der Waals surface area contributed by atoms with E-state index in [9.17, 15) is 0 Å². The fourth-order valence-corrected chi connectivity index (χ4v) is 2.27. The lowest BCUT2D eigenvalue weighted by atomic mass is 9.57. The van der Waals surface area contributed by atoms with Crippen molar-refractivity contribution in [3.8, 4) is 5.97 Å². The van der Waals surface area contributed by atoms with Gasteiger partial charge in [-0.3, -0.25) is 0 Å². The summed E-state index contributed by atoms with van der Waals surface area (Å²) in [7, 11) is 0. The zero-order valence-corrected chi connectivity index (χ0v) is 8.98. The second kappa shape index (κ2) is 4.33. The standard InChI is InChI=1S/C12H15BN2/c1-2-11-8-12(13(9-14)15-11)10-6-4-3-5-7-10/h3-8,11,13H,2,15H2,1H3. The number of nitriles is 1. The van der Waals surface area contributed by atoms with Crippen LogP contribution >= 0.6 is 0 Å². The largest absolute Gasteiger partial charge is 0.518 e. The summed E-state index contributed by atoms with van der Waals surface area (Å²) in [5.41, 5.74) is 2.47. The van der Waals surface area contributed by atoms with E-state index in [1.54, 1.807) is 0 Å². The monoisotopic (exact) mass is 198 g/mol. The maximum Gasteiger partial charge on any atom is 0.319 e. The molecular formula is C12H15BN2. The van der Waals surface area contributed by atoms with E-state index in [2.05, 4.69) is 36.3 Å². The first kappa shape index (κ1) is 10.0. The van der Waals surface area contributed by atoms with Gasteiger partial charge in [0.05, 0.1) is 6.04 Å². The molecule has 3 heteroatoms. The van der Waals surface area contributed by atoms with Gasteiger partial charge in [-0.1, -0.05) is 54.9 Å². The Morgan fingerprint density at radius 3 is 2.73 bits per heavy atom. The van der Waals surface area contributed by atoms with Gasteiger partial charge in [-0.15, -0.1) is 5.47 Å². The van der Waals surface area contributed by atoms with Crippen LogP contribution in [0.4, 0.5) is 0 Å². The summed E-state index contributed by atoms with van der Waals surface area (Å²) in [5, 5.41) is 11.4. The molecule has 2 nitrogen and oxygen atoms in total. The fourth-order valence-electron chi connectivity index (χ4n) is 2.27. The highest BCUT2D eigenvalue weighted by Crippen LogP contribution is 2.18. The molecule has 15 heavy (non-hydrogen) atoms. The van der Waals surface area contributed by atoms with E-state index in [0.29, 0.717) is 6.04 Å². The molecule has 1 aromatic rings. The molecule has 0 fully saturated rings. The Bertz CT molecular complexity index is 405. The van der Waals surface area contributed by atoms with Gasteiger partial charge in [0, 0.05) is 0 Å². The molecule has 0 bridgehead atoms. The van der Waals surface area contributed by atoms with Crippen LogP contribution in [-0.4, -0.2) is 12.9 Å². The Kier molecular flexibility index (Phi) is 2.89. The molecule has 0 saturated heterocycles. The van der Waals surface area contributed by atoms with Crippen molar-refractivity contribution in [1.82, 2.24) is 0 Å². The van der Waals surface area contributed by atoms with Gasteiger partial charge in [-0.05, 0) is 6.42 Å². The molecular weight excluding hydrogens is 183 g/mol. The van der Waals surface area contributed by atoms with E-state index in [-0.39, 0.29) is 0 Å². The van der Waals surface area contributed by atoms with Gasteiger partial charge >= 0.3 is 6.85 Å². The fraction of sp³-hybridized carbons (Fsp3) is 0.250. The van der Waals surface area contributed by atoms with Crippen molar-refractivity contribution < 1.29 is 5.23 Å². The third-order valence-corrected chi connectivity index (χ3v) is 3.15. The maximum absolute atomic E-state index is 9.13. The Balaban J connectivity index is 2.32. The van der Waals surface area contributed by atoms with E-state index in [0.717, 1.165) is 6.42 Å². The van der Waals surface area contributed by atoms with E-state index < -0.39 is 6.85 Å². The van der Waals surface area contributed by atoms with Gasteiger partial charge in [0.2, 0.25) is 0 Å². The van der Waals surface area contributed by atoms with Gasteiger partial charge in [0.1, 0.15) is 0 Å². The van der Waals surface area contributed by atoms with E-state index >= 15 is 0 Å². The Morgan fingerprint density at radius 2 is 2.13 bits per heavy atom. The van der Waals surface area contributed by atoms with Crippen LogP contribution in [0.25, 0.3) is 5.47 Å². The second-order valence-electron chi connectivity index (χ2n) is 4.11. The molecule has 1 heterocycles. The van der Waals surface area contributed by atoms with Gasteiger partial charge in [-0.2, -0.15) is 0 Å². The number of benzene rings is 1. The first-order valence-electron chi connectivity index (χ1n) is 5.57. The van der Waals surface area contributed by atoms with Crippen molar-refractivity contribution in [2.24, 2.45) is 0 Å². The number of rotatable bonds is 2. The summed E-state index contributed by atoms with van der Waals surface area (Å²) in [4.78, 5) is 0. The average Bonchev–Trinajstić information content (AvgIpc) is 2.73. The zero-order valence-electron chi connectivity index (χ0n) is 8.98. The van der Waals surface area contributed by atoms with Crippen LogP contribution in [0.2, 0.25) is 0 Å². The van der Waals surface area contributed by atoms with Gasteiger partial charge in [0.25, 0.3) is 0 Å². The van der Waals surface area contributed by atoms with Crippen molar-refractivity contribution in [2.75, 3.05) is 0 Å². The van der Waals surface area contributed by atoms with Gasteiger partial charge in [-0.25, -0.2) is 5.26 Å². The van der Waals surface area contributed by atoms with Crippen molar-refractivity contribution in [3.05, 3.63) is 42.0 Å². The number of nitrogens with zero attached hydrogens (tertiary/aromatic N) is 1. The predicted molar refractivity (Wildman–Crippen MR) is 63.2 cm³/mol. The minimum Gasteiger partial charge on any atom is -0.518 e. The molecule has 2 rings (SSSR count). The summed E-state index contributed by atoms with van der Waals surface area (Å²) in [6.45, 7) is 1.29. The minimum atomic E-state index is -0.873. The third-order valence-electron chi connectivity index (χ3n) is 3.15. The van der Waals surface area contributed by atoms with Crippen LogP contribution in [0.1, 0.15) is 18.9 Å². The SMILES string of the molecule is CCC1C=C(c2ccccc2)[BH-](C#N)[NH2+]1. The number of hydrogen-bond donors (Lipinski definition) is 1. The van der Waals surface area contributed by atoms with Crippen molar-refractivity contribution in [3.63, 3.8) is 0 Å². The van der Waals surface area contributed by atoms with Crippen LogP contribution in [0.5, 0.6) is 0 Å². The molecule has 0 amide bonds. The zero-order chi connectivity index (χ0) is 10.7. The van der Waals surface area contributed by atoms with Crippen LogP contribution in [0.15, 0.2) is 36.4 Å². The van der Waals surface area contributed by atoms with Crippen LogP contribution in [-0.2, 0) is 0 Å². The molecule has 76 valence electrons. The van der Waals surface area contributed by atoms with E-state index in [4.69, 9.17) is 5.26 Å². The van der Waals surface area contributed by atoms with Crippen molar-refractivity contribution in [1.29, 1.82) is 5.26 Å². The molecule has 2 atom stereocenters. The molecule has 2 N–H and O–H groups in total. The Morgan fingerprint density at radius 1 is 1.40 bits per heavy atom. The lowest BCUT2D eigenvalue weighted by molar-refractivity contribution is -0.543. The summed E-state index contributed by atoms with van der Waals surface area (Å²) in [6, 6.07) is 10.8. The highest BCUT2D eigenvalue weighted by atomic mass is 14.8. The van der Waals surface area contributed by atoms with Gasteiger partial charge < -0.3 is 5.23 Å². The van der Waals surface area contributed by atoms with Crippen LogP contribution in [0, 0.1) is 11.2 Å². The van der Waals surface area contributed by atoms with Crippen LogP contribution in [0.3, 0.4) is 0 Å². The molecule has 0 radical (unpaired) electrons. The van der Waals surface area contributed by atoms with Gasteiger partial charge in [0.15, 0.2) is 0 Å². The van der Waals surface area contributed by atoms with E-state index in [1.165, 1.54) is 11.0 Å². The summed E-state index contributed by atoms with van der Waals surface area (Å²) < 4.78 is 0. The van der Waals surface area contributed by atoms with Crippen molar-refractivity contribution in [2.45, 2.75) is 19.4 Å². The molecule has 2 unspecified atom stereocenters. The highest BCUT2D eigenvalue weighted by Gasteiger charge is 2.24. The quantitative estimate of drug-likeness (QED) is 0.700. The first-order valence-corrected chi connectivity index (χ1v) is 5.57. The normalized spacial score (nSPS) is 24.7. The summed E-state index contributed by atoms with van der Waals surface area (Å²) in [5.74, 6) is 2.44. The van der Waals surface area contributed by atoms with E-state index in [1.807, 2.05) is 18.2 Å². The molecule has 1 aliphatic rings. The van der Waals surface area contributed by atoms with Crippen LogP contribution < -0.4 is 5.23 Å². The molecule has 1 aliphatic heterocycles. The smallest absolute Gasteiger partial charge is 0.319 e. The van der Waals surface area contributed by atoms with Crippen molar-refractivity contribution >= 4 is 12.3 Å². The number of hydrogen-bond acceptors (Lipinski definition) is 1. The first-order chi connectivity index (χ1) is 7.35. The highest BCUT2D eigenvalue weighted by molar-refractivity contribution is 6.78. The maximum atomic E-state index is 9.13. The summed E-state index contributed by atoms with van der Waals surface area (Å²) in [6.07, 6.45) is 3.36. The minimum absolute atomic E-state index is 0.500. The molecule has 0 saturated carbocycles. The second-order valence-corrected chi connectivity index (χ2v) is 4.11. The summed E-state index contributed by atoms with van der Waals surface area (Å²) >= 11 is 0. The molecule has 0 aliphatic carbocycles. The Hall–Kier alpha value is -1.53. The molecule has 0 aromatic heterocycles.